The minimum Gasteiger partial charge on any atom is -0.497 e. The molecular formula is C18H18BrNO4. The molecule has 5 nitrogen and oxygen atoms in total. The molecule has 0 radical (unpaired) electrons. The van der Waals surface area contributed by atoms with Gasteiger partial charge in [-0.15, -0.1) is 0 Å². The first-order valence-electron chi connectivity index (χ1n) is 7.67. The van der Waals surface area contributed by atoms with Crippen LogP contribution >= 0.6 is 15.9 Å². The zero-order valence-electron chi connectivity index (χ0n) is 13.3. The summed E-state index contributed by atoms with van der Waals surface area (Å²) in [4.78, 5) is 12.2. The normalized spacial score (nSPS) is 12.6. The van der Waals surface area contributed by atoms with E-state index in [4.69, 9.17) is 14.2 Å². The van der Waals surface area contributed by atoms with Crippen LogP contribution in [0.15, 0.2) is 40.9 Å². The number of benzene rings is 2. The summed E-state index contributed by atoms with van der Waals surface area (Å²) in [6.45, 7) is 1.05. The molecule has 0 atom stereocenters. The van der Waals surface area contributed by atoms with E-state index < -0.39 is 0 Å². The molecule has 3 rings (SSSR count). The fourth-order valence-electron chi connectivity index (χ4n) is 2.46. The molecule has 1 heterocycles. The molecule has 1 aliphatic heterocycles. The van der Waals surface area contributed by atoms with Gasteiger partial charge >= 0.3 is 0 Å². The highest BCUT2D eigenvalue weighted by Gasteiger charge is 2.16. The molecule has 1 amide bonds. The lowest BCUT2D eigenvalue weighted by molar-refractivity contribution is -0.116. The van der Waals surface area contributed by atoms with Gasteiger partial charge in [-0.2, -0.15) is 0 Å². The van der Waals surface area contributed by atoms with Gasteiger partial charge in [0.1, 0.15) is 19.0 Å². The number of fused-ring (bicyclic) bond motifs is 1. The largest absolute Gasteiger partial charge is 0.497 e. The number of halogens is 1. The van der Waals surface area contributed by atoms with Crippen LogP contribution in [0.25, 0.3) is 0 Å². The fraction of sp³-hybridized carbons (Fsp3) is 0.278. The fourth-order valence-corrected chi connectivity index (χ4v) is 2.88. The molecule has 0 saturated carbocycles. The van der Waals surface area contributed by atoms with Crippen LogP contribution in [0.4, 0.5) is 5.69 Å². The number of nitrogens with one attached hydrogen (secondary N) is 1. The number of aryl methyl sites for hydroxylation is 1. The third kappa shape index (κ3) is 4.00. The molecule has 1 N–H and O–H groups in total. The van der Waals surface area contributed by atoms with Crippen LogP contribution in [0.5, 0.6) is 17.2 Å². The standard InChI is InChI=1S/C18H18BrNO4/c1-22-13-4-2-3-12(9-13)5-6-18(21)20-15-11-17-16(10-14(15)19)23-7-8-24-17/h2-4,9-11H,5-8H2,1H3,(H,20,21). The van der Waals surface area contributed by atoms with Gasteiger partial charge in [0.2, 0.25) is 5.91 Å². The maximum atomic E-state index is 12.2. The van der Waals surface area contributed by atoms with Gasteiger partial charge in [-0.25, -0.2) is 0 Å². The minimum atomic E-state index is -0.0600. The van der Waals surface area contributed by atoms with E-state index >= 15 is 0 Å². The summed E-state index contributed by atoms with van der Waals surface area (Å²) in [5, 5.41) is 2.91. The second-order valence-corrected chi connectivity index (χ2v) is 6.23. The van der Waals surface area contributed by atoms with Crippen LogP contribution in [0.1, 0.15) is 12.0 Å². The second kappa shape index (κ2) is 7.57. The molecule has 0 spiro atoms. The van der Waals surface area contributed by atoms with Gasteiger partial charge in [0, 0.05) is 23.0 Å². The Morgan fingerprint density at radius 3 is 2.71 bits per heavy atom. The van der Waals surface area contributed by atoms with Crippen molar-refractivity contribution in [1.29, 1.82) is 0 Å². The first-order valence-corrected chi connectivity index (χ1v) is 8.47. The Bertz CT molecular complexity index is 748. The maximum Gasteiger partial charge on any atom is 0.224 e. The van der Waals surface area contributed by atoms with Crippen LogP contribution in [0, 0.1) is 0 Å². The number of hydrogen-bond donors (Lipinski definition) is 1. The first kappa shape index (κ1) is 16.6. The van der Waals surface area contributed by atoms with Crippen molar-refractivity contribution in [2.45, 2.75) is 12.8 Å². The average molecular weight is 392 g/mol. The number of carbonyl (C=O) groups is 1. The van der Waals surface area contributed by atoms with Gasteiger partial charge in [0.15, 0.2) is 11.5 Å². The zero-order valence-corrected chi connectivity index (χ0v) is 14.9. The number of ether oxygens (including phenoxy) is 3. The smallest absolute Gasteiger partial charge is 0.224 e. The van der Waals surface area contributed by atoms with Crippen LogP contribution < -0.4 is 19.5 Å². The van der Waals surface area contributed by atoms with Crippen molar-refractivity contribution in [2.75, 3.05) is 25.6 Å². The lowest BCUT2D eigenvalue weighted by Crippen LogP contribution is -2.17. The average Bonchev–Trinajstić information content (AvgIpc) is 2.61. The van der Waals surface area contributed by atoms with E-state index in [0.29, 0.717) is 43.2 Å². The van der Waals surface area contributed by atoms with Crippen molar-refractivity contribution in [1.82, 2.24) is 0 Å². The third-order valence-electron chi connectivity index (χ3n) is 3.68. The Morgan fingerprint density at radius 2 is 1.96 bits per heavy atom. The summed E-state index contributed by atoms with van der Waals surface area (Å²) in [5.41, 5.74) is 1.74. The molecule has 1 aliphatic rings. The Labute approximate surface area is 149 Å². The molecule has 0 aliphatic carbocycles. The third-order valence-corrected chi connectivity index (χ3v) is 4.34. The van der Waals surface area contributed by atoms with Gasteiger partial charge in [0.05, 0.1) is 12.8 Å². The Morgan fingerprint density at radius 1 is 1.21 bits per heavy atom. The molecule has 0 fully saturated rings. The lowest BCUT2D eigenvalue weighted by atomic mass is 10.1. The summed E-state index contributed by atoms with van der Waals surface area (Å²) in [6, 6.07) is 11.3. The Kier molecular flexibility index (Phi) is 5.25. The van der Waals surface area contributed by atoms with Crippen LogP contribution in [-0.4, -0.2) is 26.2 Å². The van der Waals surface area contributed by atoms with Crippen molar-refractivity contribution in [3.63, 3.8) is 0 Å². The summed E-state index contributed by atoms with van der Waals surface area (Å²) in [6.07, 6.45) is 1.03. The van der Waals surface area contributed by atoms with Crippen molar-refractivity contribution in [3.05, 3.63) is 46.4 Å². The summed E-state index contributed by atoms with van der Waals surface area (Å²) < 4.78 is 17.0. The van der Waals surface area contributed by atoms with Gasteiger partial charge in [-0.05, 0) is 40.0 Å². The van der Waals surface area contributed by atoms with Gasteiger partial charge in [-0.1, -0.05) is 12.1 Å². The minimum absolute atomic E-state index is 0.0600. The van der Waals surface area contributed by atoms with Crippen molar-refractivity contribution < 1.29 is 19.0 Å². The molecule has 126 valence electrons. The Hall–Kier alpha value is -2.21. The molecule has 0 aromatic heterocycles. The monoisotopic (exact) mass is 391 g/mol. The van der Waals surface area contributed by atoms with Crippen LogP contribution in [0.2, 0.25) is 0 Å². The maximum absolute atomic E-state index is 12.2. The number of anilines is 1. The first-order chi connectivity index (χ1) is 11.7. The molecule has 0 saturated heterocycles. The number of amides is 1. The van der Waals surface area contributed by atoms with Crippen molar-refractivity contribution in [2.24, 2.45) is 0 Å². The van der Waals surface area contributed by atoms with E-state index in [1.54, 1.807) is 13.2 Å². The van der Waals surface area contributed by atoms with E-state index in [9.17, 15) is 4.79 Å². The molecule has 24 heavy (non-hydrogen) atoms. The number of hydrogen-bond acceptors (Lipinski definition) is 4. The predicted octanol–water partition coefficient (Wildman–Crippen LogP) is 3.80. The number of methoxy groups -OCH3 is 1. The Balaban J connectivity index is 1.62. The molecular weight excluding hydrogens is 374 g/mol. The highest BCUT2D eigenvalue weighted by Crippen LogP contribution is 2.38. The molecule has 2 aromatic carbocycles. The summed E-state index contributed by atoms with van der Waals surface area (Å²) >= 11 is 3.45. The lowest BCUT2D eigenvalue weighted by Gasteiger charge is -2.20. The van der Waals surface area contributed by atoms with E-state index in [1.165, 1.54) is 0 Å². The van der Waals surface area contributed by atoms with Crippen molar-refractivity contribution in [3.8, 4) is 17.2 Å². The van der Waals surface area contributed by atoms with Crippen LogP contribution in [-0.2, 0) is 11.2 Å². The van der Waals surface area contributed by atoms with E-state index in [0.717, 1.165) is 15.8 Å². The number of rotatable bonds is 5. The molecule has 0 unspecified atom stereocenters. The quantitative estimate of drug-likeness (QED) is 0.841. The SMILES string of the molecule is COc1cccc(CCC(=O)Nc2cc3c(cc2Br)OCCO3)c1. The molecule has 2 aromatic rings. The predicted molar refractivity (Wildman–Crippen MR) is 95.1 cm³/mol. The van der Waals surface area contributed by atoms with Gasteiger partial charge in [0.25, 0.3) is 0 Å². The van der Waals surface area contributed by atoms with Gasteiger partial charge < -0.3 is 19.5 Å². The van der Waals surface area contributed by atoms with Crippen LogP contribution in [0.3, 0.4) is 0 Å². The zero-order chi connectivity index (χ0) is 16.9. The highest BCUT2D eigenvalue weighted by molar-refractivity contribution is 9.10. The van der Waals surface area contributed by atoms with Gasteiger partial charge in [-0.3, -0.25) is 4.79 Å². The summed E-state index contributed by atoms with van der Waals surface area (Å²) in [5.74, 6) is 2.06. The van der Waals surface area contributed by atoms with E-state index in [1.807, 2.05) is 30.3 Å². The topological polar surface area (TPSA) is 56.8 Å². The molecule has 6 heteroatoms. The van der Waals surface area contributed by atoms with E-state index in [2.05, 4.69) is 21.2 Å². The summed E-state index contributed by atoms with van der Waals surface area (Å²) in [7, 11) is 1.63. The second-order valence-electron chi connectivity index (χ2n) is 5.38. The molecule has 0 bridgehead atoms. The highest BCUT2D eigenvalue weighted by atomic mass is 79.9. The van der Waals surface area contributed by atoms with Crippen molar-refractivity contribution >= 4 is 27.5 Å². The van der Waals surface area contributed by atoms with E-state index in [-0.39, 0.29) is 5.91 Å². The number of carbonyl (C=O) groups excluding carboxylic acids is 1.